The first-order valence-corrected chi connectivity index (χ1v) is 8.53. The molecule has 3 nitrogen and oxygen atoms in total. The quantitative estimate of drug-likeness (QED) is 0.841. The molecule has 0 aliphatic carbocycles. The van der Waals surface area contributed by atoms with Gasteiger partial charge in [-0.25, -0.2) is 8.78 Å². The van der Waals surface area contributed by atoms with Gasteiger partial charge in [-0.2, -0.15) is 0 Å². The summed E-state index contributed by atoms with van der Waals surface area (Å²) >= 11 is 1.40. The Bertz CT molecular complexity index is 770. The SMILES string of the molecule is Cc1ccc(CSC2=NCCN2C(=O)c2c(F)cccc2F)cc1. The topological polar surface area (TPSA) is 32.7 Å². The minimum absolute atomic E-state index is 0.336. The Kier molecular flexibility index (Phi) is 4.94. The number of benzene rings is 2. The maximum absolute atomic E-state index is 13.8. The van der Waals surface area contributed by atoms with Gasteiger partial charge in [0.2, 0.25) is 0 Å². The van der Waals surface area contributed by atoms with Gasteiger partial charge < -0.3 is 0 Å². The van der Waals surface area contributed by atoms with Crippen molar-refractivity contribution < 1.29 is 13.6 Å². The maximum Gasteiger partial charge on any atom is 0.265 e. The summed E-state index contributed by atoms with van der Waals surface area (Å²) in [5.41, 5.74) is 1.75. The van der Waals surface area contributed by atoms with E-state index >= 15 is 0 Å². The minimum atomic E-state index is -0.852. The predicted octanol–water partition coefficient (Wildman–Crippen LogP) is 4.02. The van der Waals surface area contributed by atoms with Crippen LogP contribution >= 0.6 is 11.8 Å². The molecule has 0 spiro atoms. The number of amidine groups is 1. The Balaban J connectivity index is 1.73. The maximum atomic E-state index is 13.8. The van der Waals surface area contributed by atoms with Crippen molar-refractivity contribution in [2.45, 2.75) is 12.7 Å². The molecule has 2 aromatic carbocycles. The molecule has 124 valence electrons. The van der Waals surface area contributed by atoms with Gasteiger partial charge in [0.15, 0.2) is 5.17 Å². The van der Waals surface area contributed by atoms with Crippen molar-refractivity contribution in [1.82, 2.24) is 4.90 Å². The van der Waals surface area contributed by atoms with Crippen molar-refractivity contribution in [2.75, 3.05) is 13.1 Å². The number of hydrogen-bond donors (Lipinski definition) is 0. The molecule has 1 amide bonds. The van der Waals surface area contributed by atoms with Gasteiger partial charge in [-0.05, 0) is 24.6 Å². The van der Waals surface area contributed by atoms with Gasteiger partial charge in [0.25, 0.3) is 5.91 Å². The number of halogens is 2. The second-order valence-corrected chi connectivity index (χ2v) is 6.43. The molecule has 0 bridgehead atoms. The van der Waals surface area contributed by atoms with Crippen LogP contribution in [-0.2, 0) is 5.75 Å². The van der Waals surface area contributed by atoms with Crippen LogP contribution in [0.3, 0.4) is 0 Å². The monoisotopic (exact) mass is 346 g/mol. The van der Waals surface area contributed by atoms with Crippen LogP contribution in [0.1, 0.15) is 21.5 Å². The van der Waals surface area contributed by atoms with Crippen LogP contribution in [0, 0.1) is 18.6 Å². The number of nitrogens with zero attached hydrogens (tertiary/aromatic N) is 2. The highest BCUT2D eigenvalue weighted by Gasteiger charge is 2.29. The third kappa shape index (κ3) is 3.48. The Hall–Kier alpha value is -2.21. The van der Waals surface area contributed by atoms with Gasteiger partial charge in [0, 0.05) is 12.3 Å². The van der Waals surface area contributed by atoms with E-state index in [1.807, 2.05) is 31.2 Å². The number of carbonyl (C=O) groups is 1. The molecule has 1 aliphatic rings. The van der Waals surface area contributed by atoms with E-state index in [1.54, 1.807) is 0 Å². The van der Waals surface area contributed by atoms with Gasteiger partial charge in [-0.1, -0.05) is 47.7 Å². The van der Waals surface area contributed by atoms with Crippen LogP contribution in [0.4, 0.5) is 8.78 Å². The highest BCUT2D eigenvalue weighted by molar-refractivity contribution is 8.13. The molecule has 0 fully saturated rings. The summed E-state index contributed by atoms with van der Waals surface area (Å²) in [6.45, 7) is 2.79. The molecule has 0 atom stereocenters. The van der Waals surface area contributed by atoms with Crippen LogP contribution in [0.25, 0.3) is 0 Å². The standard InChI is InChI=1S/C18H16F2N2OS/c1-12-5-7-13(8-6-12)11-24-18-21-9-10-22(18)17(23)16-14(19)3-2-4-15(16)20/h2-8H,9-11H2,1H3. The minimum Gasteiger partial charge on any atom is -0.285 e. The van der Waals surface area contributed by atoms with Crippen LogP contribution in [0.15, 0.2) is 47.5 Å². The lowest BCUT2D eigenvalue weighted by Crippen LogP contribution is -2.34. The summed E-state index contributed by atoms with van der Waals surface area (Å²) in [6, 6.07) is 11.5. The molecule has 3 rings (SSSR count). The molecular weight excluding hydrogens is 330 g/mol. The first kappa shape index (κ1) is 16.6. The van der Waals surface area contributed by atoms with Crippen molar-refractivity contribution in [3.05, 3.63) is 70.8 Å². The largest absolute Gasteiger partial charge is 0.285 e. The van der Waals surface area contributed by atoms with E-state index in [2.05, 4.69) is 4.99 Å². The van der Waals surface area contributed by atoms with Crippen LogP contribution in [0.2, 0.25) is 0 Å². The van der Waals surface area contributed by atoms with E-state index in [0.717, 1.165) is 17.7 Å². The fraction of sp³-hybridized carbons (Fsp3) is 0.222. The lowest BCUT2D eigenvalue weighted by Gasteiger charge is -2.18. The van der Waals surface area contributed by atoms with Crippen molar-refractivity contribution >= 4 is 22.8 Å². The predicted molar refractivity (Wildman–Crippen MR) is 92.2 cm³/mol. The number of carbonyl (C=O) groups excluding carboxylic acids is 1. The molecule has 0 N–H and O–H groups in total. The van der Waals surface area contributed by atoms with Crippen LogP contribution in [-0.4, -0.2) is 29.1 Å². The third-order valence-electron chi connectivity index (χ3n) is 3.71. The first-order valence-electron chi connectivity index (χ1n) is 7.55. The third-order valence-corrected chi connectivity index (χ3v) is 4.80. The molecule has 6 heteroatoms. The van der Waals surface area contributed by atoms with Gasteiger partial charge in [-0.15, -0.1) is 0 Å². The highest BCUT2D eigenvalue weighted by atomic mass is 32.2. The molecule has 2 aromatic rings. The molecule has 0 saturated carbocycles. The van der Waals surface area contributed by atoms with E-state index < -0.39 is 23.1 Å². The number of aryl methyl sites for hydroxylation is 1. The molecule has 0 aromatic heterocycles. The van der Waals surface area contributed by atoms with Gasteiger partial charge >= 0.3 is 0 Å². The zero-order valence-corrected chi connectivity index (χ0v) is 13.9. The highest BCUT2D eigenvalue weighted by Crippen LogP contribution is 2.23. The summed E-state index contributed by atoms with van der Waals surface area (Å²) < 4.78 is 27.7. The molecule has 0 saturated heterocycles. The summed E-state index contributed by atoms with van der Waals surface area (Å²) in [7, 11) is 0. The summed E-state index contributed by atoms with van der Waals surface area (Å²) in [5, 5.41) is 0.503. The average Bonchev–Trinajstić information content (AvgIpc) is 3.02. The Morgan fingerprint density at radius 1 is 1.17 bits per heavy atom. The number of thioether (sulfide) groups is 1. The Labute approximate surface area is 143 Å². The second-order valence-electron chi connectivity index (χ2n) is 5.49. The zero-order chi connectivity index (χ0) is 17.1. The smallest absolute Gasteiger partial charge is 0.265 e. The van der Waals surface area contributed by atoms with E-state index in [0.29, 0.717) is 24.0 Å². The number of amides is 1. The van der Waals surface area contributed by atoms with Crippen LogP contribution < -0.4 is 0 Å². The lowest BCUT2D eigenvalue weighted by atomic mass is 10.1. The van der Waals surface area contributed by atoms with Crippen LogP contribution in [0.5, 0.6) is 0 Å². The summed E-state index contributed by atoms with van der Waals surface area (Å²) in [4.78, 5) is 18.1. The summed E-state index contributed by atoms with van der Waals surface area (Å²) in [5.74, 6) is -1.74. The van der Waals surface area contributed by atoms with Gasteiger partial charge in [-0.3, -0.25) is 14.7 Å². The Morgan fingerprint density at radius 3 is 2.50 bits per heavy atom. The van der Waals surface area contributed by atoms with Crippen molar-refractivity contribution in [3.8, 4) is 0 Å². The molecule has 0 radical (unpaired) electrons. The lowest BCUT2D eigenvalue weighted by molar-refractivity contribution is 0.0851. The molecule has 24 heavy (non-hydrogen) atoms. The van der Waals surface area contributed by atoms with Crippen molar-refractivity contribution in [2.24, 2.45) is 4.99 Å². The Morgan fingerprint density at radius 2 is 1.83 bits per heavy atom. The van der Waals surface area contributed by atoms with E-state index in [1.165, 1.54) is 28.3 Å². The number of rotatable bonds is 3. The van der Waals surface area contributed by atoms with E-state index in [4.69, 9.17) is 0 Å². The van der Waals surface area contributed by atoms with E-state index in [-0.39, 0.29) is 0 Å². The molecular formula is C18H16F2N2OS. The summed E-state index contributed by atoms with van der Waals surface area (Å²) in [6.07, 6.45) is 0. The number of hydrogen-bond acceptors (Lipinski definition) is 3. The average molecular weight is 346 g/mol. The van der Waals surface area contributed by atoms with Crippen molar-refractivity contribution in [1.29, 1.82) is 0 Å². The van der Waals surface area contributed by atoms with Gasteiger partial charge in [0.1, 0.15) is 17.2 Å². The normalized spacial score (nSPS) is 14.0. The second kappa shape index (κ2) is 7.13. The molecule has 1 aliphatic heterocycles. The zero-order valence-electron chi connectivity index (χ0n) is 13.1. The van der Waals surface area contributed by atoms with Crippen molar-refractivity contribution in [3.63, 3.8) is 0 Å². The fourth-order valence-corrected chi connectivity index (χ4v) is 3.41. The van der Waals surface area contributed by atoms with E-state index in [9.17, 15) is 13.6 Å². The number of aliphatic imine (C=N–C) groups is 1. The van der Waals surface area contributed by atoms with Gasteiger partial charge in [0.05, 0.1) is 6.54 Å². The molecule has 1 heterocycles. The fourth-order valence-electron chi connectivity index (χ4n) is 2.41. The first-order chi connectivity index (χ1) is 11.6. The molecule has 0 unspecified atom stereocenters.